The number of aromatic amines is 1. The standard InChI is InChI=1S/C24H24N6O3S/c1-32-19-7-17-13(8-27-29-17)4-18(19)28-22-21-16-3-2-12(5-20(16)34-23(21)26-11-25-22)24(31)30-9-15-6-14(30)10-33-15/h4,7-8,11-12,14-15H,2-3,5-6,9-10H2,1H3,(H,27,29)(H,25,26,28)/t12?,14-,15-/m0/s1. The number of carbonyl (C=O) groups is 1. The number of amides is 1. The Morgan fingerprint density at radius 3 is 3.12 bits per heavy atom. The maximum absolute atomic E-state index is 13.3. The summed E-state index contributed by atoms with van der Waals surface area (Å²) in [5.74, 6) is 1.80. The zero-order chi connectivity index (χ0) is 22.8. The first-order chi connectivity index (χ1) is 16.7. The van der Waals surface area contributed by atoms with Crippen LogP contribution in [-0.4, -0.2) is 63.4 Å². The van der Waals surface area contributed by atoms with Gasteiger partial charge in [0.05, 0.1) is 48.6 Å². The van der Waals surface area contributed by atoms with Crippen LogP contribution in [-0.2, 0) is 22.4 Å². The van der Waals surface area contributed by atoms with Crippen molar-refractivity contribution in [1.29, 1.82) is 0 Å². The third kappa shape index (κ3) is 3.08. The zero-order valence-corrected chi connectivity index (χ0v) is 19.5. The predicted molar refractivity (Wildman–Crippen MR) is 129 cm³/mol. The van der Waals surface area contributed by atoms with E-state index in [1.165, 1.54) is 10.4 Å². The quantitative estimate of drug-likeness (QED) is 0.465. The number of hydrogen-bond donors (Lipinski definition) is 2. The van der Waals surface area contributed by atoms with Crippen molar-refractivity contribution in [3.05, 3.63) is 35.1 Å². The van der Waals surface area contributed by atoms with Crippen LogP contribution in [0.5, 0.6) is 5.75 Å². The van der Waals surface area contributed by atoms with E-state index in [2.05, 4.69) is 30.4 Å². The SMILES string of the molecule is COc1cc2[nH]ncc2cc1Nc1ncnc2sc3c(c12)CCC(C(=O)N1C[C@@H]2C[C@H]1CO2)C3. The Kier molecular flexibility index (Phi) is 4.53. The zero-order valence-electron chi connectivity index (χ0n) is 18.7. The topological polar surface area (TPSA) is 105 Å². The summed E-state index contributed by atoms with van der Waals surface area (Å²) in [4.78, 5) is 26.7. The highest BCUT2D eigenvalue weighted by molar-refractivity contribution is 7.19. The van der Waals surface area contributed by atoms with Gasteiger partial charge in [-0.1, -0.05) is 0 Å². The van der Waals surface area contributed by atoms with E-state index in [0.717, 1.165) is 64.9 Å². The second-order valence-corrected chi connectivity index (χ2v) is 10.4. The van der Waals surface area contributed by atoms with Crippen LogP contribution in [0.15, 0.2) is 24.7 Å². The molecular weight excluding hydrogens is 452 g/mol. The van der Waals surface area contributed by atoms with Gasteiger partial charge in [0.1, 0.15) is 22.7 Å². The largest absolute Gasteiger partial charge is 0.494 e. The molecule has 2 fully saturated rings. The lowest BCUT2D eigenvalue weighted by molar-refractivity contribution is -0.140. The molecule has 174 valence electrons. The number of nitrogens with zero attached hydrogens (tertiary/aromatic N) is 4. The van der Waals surface area contributed by atoms with Crippen LogP contribution in [0.3, 0.4) is 0 Å². The number of likely N-dealkylation sites (tertiary alicyclic amines) is 1. The van der Waals surface area contributed by atoms with Crippen LogP contribution in [0, 0.1) is 5.92 Å². The second kappa shape index (κ2) is 7.64. The minimum absolute atomic E-state index is 0.0351. The molecule has 0 spiro atoms. The molecule has 1 aromatic carbocycles. The van der Waals surface area contributed by atoms with Crippen LogP contribution < -0.4 is 10.1 Å². The molecular formula is C24H24N6O3S. The molecule has 10 heteroatoms. The molecule has 0 radical (unpaired) electrons. The number of hydrogen-bond acceptors (Lipinski definition) is 8. The molecule has 3 aromatic heterocycles. The minimum atomic E-state index is 0.0351. The number of carbonyl (C=O) groups excluding carboxylic acids is 1. The van der Waals surface area contributed by atoms with Crippen LogP contribution in [0.25, 0.3) is 21.1 Å². The van der Waals surface area contributed by atoms with Gasteiger partial charge in [-0.15, -0.1) is 11.3 Å². The molecule has 1 unspecified atom stereocenters. The van der Waals surface area contributed by atoms with Crippen molar-refractivity contribution in [2.24, 2.45) is 5.92 Å². The number of fused-ring (bicyclic) bond motifs is 6. The number of rotatable bonds is 4. The van der Waals surface area contributed by atoms with Gasteiger partial charge >= 0.3 is 0 Å². The van der Waals surface area contributed by atoms with Gasteiger partial charge in [0.25, 0.3) is 0 Å². The summed E-state index contributed by atoms with van der Waals surface area (Å²) in [7, 11) is 1.65. The number of benzene rings is 1. The van der Waals surface area contributed by atoms with Crippen LogP contribution in [0.4, 0.5) is 11.5 Å². The van der Waals surface area contributed by atoms with Gasteiger partial charge < -0.3 is 19.7 Å². The molecule has 1 amide bonds. The van der Waals surface area contributed by atoms with Crippen LogP contribution >= 0.6 is 11.3 Å². The average Bonchev–Trinajstić information content (AvgIpc) is 3.65. The highest BCUT2D eigenvalue weighted by Crippen LogP contribution is 2.42. The molecule has 0 saturated carbocycles. The fraction of sp³-hybridized carbons (Fsp3) is 0.417. The van der Waals surface area contributed by atoms with E-state index < -0.39 is 0 Å². The van der Waals surface area contributed by atoms with E-state index in [4.69, 9.17) is 9.47 Å². The molecule has 2 N–H and O–H groups in total. The molecule has 2 bridgehead atoms. The Morgan fingerprint density at radius 1 is 1.35 bits per heavy atom. The van der Waals surface area contributed by atoms with Gasteiger partial charge in [0, 0.05) is 28.8 Å². The van der Waals surface area contributed by atoms with Crippen molar-refractivity contribution < 1.29 is 14.3 Å². The summed E-state index contributed by atoms with van der Waals surface area (Å²) in [5, 5.41) is 12.6. The van der Waals surface area contributed by atoms with E-state index in [0.29, 0.717) is 18.3 Å². The smallest absolute Gasteiger partial charge is 0.226 e. The van der Waals surface area contributed by atoms with Crippen molar-refractivity contribution in [1.82, 2.24) is 25.1 Å². The van der Waals surface area contributed by atoms with Gasteiger partial charge in [0.2, 0.25) is 5.91 Å². The number of ether oxygens (including phenoxy) is 2. The summed E-state index contributed by atoms with van der Waals surface area (Å²) in [6, 6.07) is 4.20. The fourth-order valence-corrected chi connectivity index (χ4v) is 6.95. The lowest BCUT2D eigenvalue weighted by atomic mass is 9.86. The van der Waals surface area contributed by atoms with Gasteiger partial charge in [-0.3, -0.25) is 9.89 Å². The van der Waals surface area contributed by atoms with Crippen LogP contribution in [0.2, 0.25) is 0 Å². The summed E-state index contributed by atoms with van der Waals surface area (Å²) < 4.78 is 11.3. The number of methoxy groups -OCH3 is 1. The number of nitrogens with one attached hydrogen (secondary N) is 2. The minimum Gasteiger partial charge on any atom is -0.494 e. The van der Waals surface area contributed by atoms with Gasteiger partial charge in [0.15, 0.2) is 0 Å². The number of thiophene rings is 1. The average molecular weight is 477 g/mol. The maximum atomic E-state index is 13.3. The van der Waals surface area contributed by atoms with Gasteiger partial charge in [-0.2, -0.15) is 5.10 Å². The number of anilines is 2. The molecule has 7 rings (SSSR count). The molecule has 5 heterocycles. The number of aryl methyl sites for hydroxylation is 1. The van der Waals surface area contributed by atoms with E-state index in [1.807, 2.05) is 12.1 Å². The van der Waals surface area contributed by atoms with E-state index in [-0.39, 0.29) is 18.1 Å². The van der Waals surface area contributed by atoms with E-state index >= 15 is 0 Å². The van der Waals surface area contributed by atoms with Crippen molar-refractivity contribution in [3.8, 4) is 5.75 Å². The molecule has 3 atom stereocenters. The number of aromatic nitrogens is 4. The fourth-order valence-electron chi connectivity index (χ4n) is 5.69. The second-order valence-electron chi connectivity index (χ2n) is 9.32. The Morgan fingerprint density at radius 2 is 2.29 bits per heavy atom. The summed E-state index contributed by atoms with van der Waals surface area (Å²) in [5.41, 5.74) is 3.00. The van der Waals surface area contributed by atoms with E-state index in [9.17, 15) is 4.79 Å². The Bertz CT molecular complexity index is 1430. The summed E-state index contributed by atoms with van der Waals surface area (Å²) >= 11 is 1.68. The van der Waals surface area contributed by atoms with Crippen molar-refractivity contribution in [2.75, 3.05) is 25.6 Å². The molecule has 3 aliphatic rings. The normalized spacial score (nSPS) is 23.6. The molecule has 1 aliphatic carbocycles. The van der Waals surface area contributed by atoms with Crippen molar-refractivity contribution >= 4 is 49.9 Å². The molecule has 4 aromatic rings. The highest BCUT2D eigenvalue weighted by Gasteiger charge is 2.43. The van der Waals surface area contributed by atoms with Crippen LogP contribution in [0.1, 0.15) is 23.3 Å². The molecule has 34 heavy (non-hydrogen) atoms. The third-order valence-corrected chi connectivity index (χ3v) is 8.55. The van der Waals surface area contributed by atoms with Gasteiger partial charge in [-0.05, 0) is 37.3 Å². The molecule has 9 nitrogen and oxygen atoms in total. The summed E-state index contributed by atoms with van der Waals surface area (Å²) in [6.45, 7) is 1.44. The van der Waals surface area contributed by atoms with E-state index in [1.54, 1.807) is 31.0 Å². The first-order valence-electron chi connectivity index (χ1n) is 11.6. The third-order valence-electron chi connectivity index (χ3n) is 7.39. The first-order valence-corrected chi connectivity index (χ1v) is 12.4. The predicted octanol–water partition coefficient (Wildman–Crippen LogP) is 3.42. The van der Waals surface area contributed by atoms with Gasteiger partial charge in [-0.25, -0.2) is 9.97 Å². The van der Waals surface area contributed by atoms with Crippen molar-refractivity contribution in [2.45, 2.75) is 37.8 Å². The number of morpholine rings is 1. The molecule has 2 aliphatic heterocycles. The monoisotopic (exact) mass is 476 g/mol. The highest BCUT2D eigenvalue weighted by atomic mass is 32.1. The number of H-pyrrole nitrogens is 1. The Hall–Kier alpha value is -3.24. The molecule has 2 saturated heterocycles. The first kappa shape index (κ1) is 20.2. The maximum Gasteiger partial charge on any atom is 0.226 e. The van der Waals surface area contributed by atoms with Crippen molar-refractivity contribution in [3.63, 3.8) is 0 Å². The summed E-state index contributed by atoms with van der Waals surface area (Å²) in [6.07, 6.45) is 7.09. The lowest BCUT2D eigenvalue weighted by Crippen LogP contribution is -2.45. The lowest BCUT2D eigenvalue weighted by Gasteiger charge is -2.32. The Balaban J connectivity index is 1.20. The Labute approximate surface area is 199 Å².